The first kappa shape index (κ1) is 12.2. The Labute approximate surface area is 118 Å². The van der Waals surface area contributed by atoms with E-state index in [9.17, 15) is 0 Å². The molecule has 2 aliphatic heterocycles. The van der Waals surface area contributed by atoms with Crippen LogP contribution in [0.2, 0.25) is 0 Å². The van der Waals surface area contributed by atoms with E-state index in [0.29, 0.717) is 5.37 Å². The molecule has 2 heterocycles. The fraction of sp³-hybridized carbons (Fsp3) is 0.125. The third-order valence-electron chi connectivity index (χ3n) is 3.18. The Balaban J connectivity index is 1.71. The van der Waals surface area contributed by atoms with Gasteiger partial charge in [0.2, 0.25) is 0 Å². The second-order valence-corrected chi connectivity index (χ2v) is 5.63. The molecule has 0 bridgehead atoms. The standard InChI is InChI=1S/C16H16N2S/c1-18-14-6-2-3-7-15(14)19-16(18)8-4-5-13-9-11-17-12-10-13/h2-12,16-17H,1H3/b8-4+. The summed E-state index contributed by atoms with van der Waals surface area (Å²) in [4.78, 5) is 3.66. The molecule has 2 aliphatic rings. The van der Waals surface area contributed by atoms with Gasteiger partial charge < -0.3 is 10.2 Å². The van der Waals surface area contributed by atoms with Gasteiger partial charge in [0.05, 0.1) is 11.1 Å². The molecule has 96 valence electrons. The molecule has 0 saturated carbocycles. The number of likely N-dealkylation sites (N-methyl/N-ethyl adjacent to an activating group) is 1. The molecule has 1 atom stereocenters. The van der Waals surface area contributed by atoms with Crippen molar-refractivity contribution in [3.05, 3.63) is 72.6 Å². The summed E-state index contributed by atoms with van der Waals surface area (Å²) in [6.45, 7) is 0. The number of hydrogen-bond acceptors (Lipinski definition) is 3. The van der Waals surface area contributed by atoms with Gasteiger partial charge in [0.15, 0.2) is 0 Å². The van der Waals surface area contributed by atoms with E-state index < -0.39 is 0 Å². The number of fused-ring (bicyclic) bond motifs is 1. The van der Waals surface area contributed by atoms with Crippen LogP contribution in [0.25, 0.3) is 0 Å². The van der Waals surface area contributed by atoms with Gasteiger partial charge in [-0.3, -0.25) is 0 Å². The van der Waals surface area contributed by atoms with E-state index >= 15 is 0 Å². The minimum atomic E-state index is 0.379. The number of para-hydroxylation sites is 1. The Morgan fingerprint density at radius 3 is 2.79 bits per heavy atom. The normalized spacial score (nSPS) is 20.8. The minimum absolute atomic E-state index is 0.379. The summed E-state index contributed by atoms with van der Waals surface area (Å²) in [6.07, 6.45) is 14.5. The number of allylic oxidation sites excluding steroid dienone is 5. The molecular weight excluding hydrogens is 252 g/mol. The highest BCUT2D eigenvalue weighted by Crippen LogP contribution is 2.42. The molecule has 0 spiro atoms. The van der Waals surface area contributed by atoms with E-state index in [0.717, 1.165) is 0 Å². The first-order chi connectivity index (χ1) is 9.34. The lowest BCUT2D eigenvalue weighted by Crippen LogP contribution is -2.21. The first-order valence-corrected chi connectivity index (χ1v) is 7.19. The van der Waals surface area contributed by atoms with E-state index in [2.05, 4.69) is 71.9 Å². The lowest BCUT2D eigenvalue weighted by molar-refractivity contribution is 0.990. The maximum Gasteiger partial charge on any atom is 0.0982 e. The number of benzene rings is 1. The number of rotatable bonds is 2. The van der Waals surface area contributed by atoms with Crippen molar-refractivity contribution in [1.82, 2.24) is 5.32 Å². The van der Waals surface area contributed by atoms with Crippen molar-refractivity contribution in [2.75, 3.05) is 11.9 Å². The summed E-state index contributed by atoms with van der Waals surface area (Å²) in [6, 6.07) is 8.54. The molecule has 3 heteroatoms. The summed E-state index contributed by atoms with van der Waals surface area (Å²) < 4.78 is 0. The predicted octanol–water partition coefficient (Wildman–Crippen LogP) is 3.67. The zero-order chi connectivity index (χ0) is 13.1. The van der Waals surface area contributed by atoms with Crippen molar-refractivity contribution in [3.63, 3.8) is 0 Å². The number of hydrogen-bond donors (Lipinski definition) is 1. The summed E-state index contributed by atoms with van der Waals surface area (Å²) in [7, 11) is 2.14. The van der Waals surface area contributed by atoms with Gasteiger partial charge in [-0.15, -0.1) is 0 Å². The van der Waals surface area contributed by atoms with Crippen LogP contribution in [0.3, 0.4) is 0 Å². The monoisotopic (exact) mass is 268 g/mol. The van der Waals surface area contributed by atoms with E-state index in [4.69, 9.17) is 0 Å². The maximum absolute atomic E-state index is 3.03. The second kappa shape index (κ2) is 5.41. The van der Waals surface area contributed by atoms with Crippen molar-refractivity contribution in [2.45, 2.75) is 10.3 Å². The van der Waals surface area contributed by atoms with Gasteiger partial charge in [-0.1, -0.05) is 42.1 Å². The summed E-state index contributed by atoms with van der Waals surface area (Å²) in [5, 5.41) is 3.41. The number of thioether (sulfide) groups is 1. The van der Waals surface area contributed by atoms with Gasteiger partial charge in [0.1, 0.15) is 0 Å². The third kappa shape index (κ3) is 2.61. The van der Waals surface area contributed by atoms with Crippen LogP contribution >= 0.6 is 11.8 Å². The number of dihydropyridines is 1. The highest BCUT2D eigenvalue weighted by molar-refractivity contribution is 8.00. The molecule has 2 nitrogen and oxygen atoms in total. The van der Waals surface area contributed by atoms with Crippen LogP contribution < -0.4 is 10.2 Å². The Bertz CT molecular complexity index is 570. The molecular formula is C16H16N2S. The molecule has 0 saturated heterocycles. The third-order valence-corrected chi connectivity index (χ3v) is 4.50. The van der Waals surface area contributed by atoms with Crippen LogP contribution in [-0.2, 0) is 0 Å². The molecule has 1 unspecified atom stereocenters. The molecule has 3 rings (SSSR count). The highest BCUT2D eigenvalue weighted by Gasteiger charge is 2.24. The molecule has 0 amide bonds. The van der Waals surface area contributed by atoms with Crippen molar-refractivity contribution in [1.29, 1.82) is 0 Å². The average molecular weight is 268 g/mol. The van der Waals surface area contributed by atoms with Crippen LogP contribution in [-0.4, -0.2) is 12.4 Å². The van der Waals surface area contributed by atoms with Gasteiger partial charge >= 0.3 is 0 Å². The topological polar surface area (TPSA) is 15.3 Å². The molecule has 0 aliphatic carbocycles. The smallest absolute Gasteiger partial charge is 0.0982 e. The van der Waals surface area contributed by atoms with Gasteiger partial charge in [0.25, 0.3) is 0 Å². The quantitative estimate of drug-likeness (QED) is 0.881. The minimum Gasteiger partial charge on any atom is -0.368 e. The van der Waals surface area contributed by atoms with E-state index in [1.165, 1.54) is 16.2 Å². The zero-order valence-electron chi connectivity index (χ0n) is 10.8. The number of nitrogens with one attached hydrogen (secondary N) is 1. The Morgan fingerprint density at radius 2 is 2.00 bits per heavy atom. The second-order valence-electron chi connectivity index (χ2n) is 4.47. The molecule has 1 N–H and O–H groups in total. The Kier molecular flexibility index (Phi) is 3.47. The van der Waals surface area contributed by atoms with Crippen molar-refractivity contribution >= 4 is 17.4 Å². The molecule has 1 aromatic rings. The van der Waals surface area contributed by atoms with Crippen LogP contribution in [0.4, 0.5) is 5.69 Å². The van der Waals surface area contributed by atoms with Crippen LogP contribution in [0.1, 0.15) is 0 Å². The highest BCUT2D eigenvalue weighted by atomic mass is 32.2. The molecule has 0 fully saturated rings. The van der Waals surface area contributed by atoms with Crippen molar-refractivity contribution in [3.8, 4) is 0 Å². The summed E-state index contributed by atoms with van der Waals surface area (Å²) in [5.41, 5.74) is 2.52. The van der Waals surface area contributed by atoms with Crippen LogP contribution in [0, 0.1) is 0 Å². The lowest BCUT2D eigenvalue weighted by Gasteiger charge is -2.17. The fourth-order valence-electron chi connectivity index (χ4n) is 2.14. The molecule has 0 radical (unpaired) electrons. The maximum atomic E-state index is 3.03. The SMILES string of the molecule is CN1c2ccccc2SC1/C=C/C=C1C=CNC=C1. The fourth-order valence-corrected chi connectivity index (χ4v) is 3.33. The summed E-state index contributed by atoms with van der Waals surface area (Å²) >= 11 is 1.89. The predicted molar refractivity (Wildman–Crippen MR) is 83.1 cm³/mol. The van der Waals surface area contributed by atoms with Crippen molar-refractivity contribution in [2.24, 2.45) is 0 Å². The largest absolute Gasteiger partial charge is 0.368 e. The Morgan fingerprint density at radius 1 is 1.21 bits per heavy atom. The van der Waals surface area contributed by atoms with Gasteiger partial charge in [-0.25, -0.2) is 0 Å². The van der Waals surface area contributed by atoms with Gasteiger partial charge in [-0.2, -0.15) is 0 Å². The zero-order valence-corrected chi connectivity index (χ0v) is 11.6. The molecule has 1 aromatic carbocycles. The lowest BCUT2D eigenvalue weighted by atomic mass is 10.2. The van der Waals surface area contributed by atoms with E-state index in [1.807, 2.05) is 24.2 Å². The van der Waals surface area contributed by atoms with E-state index in [-0.39, 0.29) is 0 Å². The molecule has 0 aromatic heterocycles. The number of nitrogens with zero attached hydrogens (tertiary/aromatic N) is 1. The molecule has 19 heavy (non-hydrogen) atoms. The average Bonchev–Trinajstić information content (AvgIpc) is 2.78. The van der Waals surface area contributed by atoms with Crippen molar-refractivity contribution < 1.29 is 0 Å². The first-order valence-electron chi connectivity index (χ1n) is 6.31. The van der Waals surface area contributed by atoms with Crippen LogP contribution in [0.15, 0.2) is 77.5 Å². The van der Waals surface area contributed by atoms with Crippen LogP contribution in [0.5, 0.6) is 0 Å². The van der Waals surface area contributed by atoms with Gasteiger partial charge in [-0.05, 0) is 29.9 Å². The summed E-state index contributed by atoms with van der Waals surface area (Å²) in [5.74, 6) is 0. The van der Waals surface area contributed by atoms with E-state index in [1.54, 1.807) is 0 Å². The number of anilines is 1. The Hall–Kier alpha value is -1.87. The van der Waals surface area contributed by atoms with Gasteiger partial charge in [0, 0.05) is 24.3 Å².